The molecule has 0 fully saturated rings. The summed E-state index contributed by atoms with van der Waals surface area (Å²) < 4.78 is 18.4. The first-order chi connectivity index (χ1) is 32.3. The SMILES string of the molecule is Cn1c2ccccc2c2c1c1c3ccc(Oc4cccc(-[n+]5[c-]n(-c6ccccc6)c6ccccc65)c4)cc3n(-c3cc(C(C)(C)C)ccn3)c1c1c3ccccc3n(-c3ccccc3)c21. The van der Waals surface area contributed by atoms with Crippen LogP contribution in [0.15, 0.2) is 194 Å². The Labute approximate surface area is 381 Å². The van der Waals surface area contributed by atoms with Gasteiger partial charge in [0.15, 0.2) is 0 Å². The monoisotopic (exact) mass is 852 g/mol. The Hall–Kier alpha value is -8.42. The number of hydrogen-bond donors (Lipinski definition) is 0. The van der Waals surface area contributed by atoms with Gasteiger partial charge >= 0.3 is 0 Å². The number of aryl methyl sites for hydroxylation is 1. The van der Waals surface area contributed by atoms with Crippen LogP contribution in [0.25, 0.3) is 99.3 Å². The molecular weight excluding hydrogens is 809 g/mol. The van der Waals surface area contributed by atoms with Crippen molar-refractivity contribution in [3.8, 4) is 34.4 Å². The van der Waals surface area contributed by atoms with Crippen LogP contribution in [0.1, 0.15) is 26.3 Å². The van der Waals surface area contributed by atoms with Gasteiger partial charge in [0.1, 0.15) is 17.3 Å². The van der Waals surface area contributed by atoms with E-state index in [-0.39, 0.29) is 5.41 Å². The fourth-order valence-electron chi connectivity index (χ4n) is 10.4. The molecule has 5 heterocycles. The van der Waals surface area contributed by atoms with E-state index in [1.807, 2.05) is 24.4 Å². The molecule has 5 aromatic heterocycles. The number of ether oxygens (including phenoxy) is 1. The normalized spacial score (nSPS) is 12.2. The van der Waals surface area contributed by atoms with Gasteiger partial charge in [-0.05, 0) is 89.8 Å². The summed E-state index contributed by atoms with van der Waals surface area (Å²) in [4.78, 5) is 5.20. The molecule has 0 aliphatic rings. The number of para-hydroxylation sites is 6. The van der Waals surface area contributed by atoms with Gasteiger partial charge in [-0.3, -0.25) is 13.7 Å². The van der Waals surface area contributed by atoms with Crippen molar-refractivity contribution in [3.63, 3.8) is 0 Å². The standard InChI is InChI=1S/C59H44N6O/c1-59(2,3)38-32-33-60-52(34-38)65-51-36-43(66-42-23-17-22-41(35-42)63-37-62(39-18-7-5-8-19-39)49-28-15-16-29-50(49)63)30-31-46(51)54-56-53(44-24-11-13-26-47(44)61(56)4)57-55(58(54)65)45-25-12-14-27-48(45)64(57)40-20-9-6-10-21-40/h5-36H,1-4H3. The Morgan fingerprint density at radius 1 is 0.500 bits per heavy atom. The van der Waals surface area contributed by atoms with Crippen LogP contribution in [0.2, 0.25) is 0 Å². The Bertz CT molecular complexity index is 4070. The molecule has 13 aromatic rings. The van der Waals surface area contributed by atoms with Gasteiger partial charge in [0.05, 0.1) is 50.0 Å². The zero-order valence-corrected chi connectivity index (χ0v) is 37.1. The average molecular weight is 853 g/mol. The van der Waals surface area contributed by atoms with E-state index in [1.54, 1.807) is 0 Å². The van der Waals surface area contributed by atoms with Crippen LogP contribution in [0.4, 0.5) is 0 Å². The molecule has 0 bridgehead atoms. The van der Waals surface area contributed by atoms with Gasteiger partial charge in [0, 0.05) is 62.8 Å². The van der Waals surface area contributed by atoms with Crippen molar-refractivity contribution in [1.82, 2.24) is 23.3 Å². The van der Waals surface area contributed by atoms with Crippen LogP contribution in [0, 0.1) is 6.33 Å². The van der Waals surface area contributed by atoms with Crippen LogP contribution < -0.4 is 9.30 Å². The largest absolute Gasteiger partial charge is 0.458 e. The summed E-state index contributed by atoms with van der Waals surface area (Å²) in [5.41, 5.74) is 13.2. The second-order valence-electron chi connectivity index (χ2n) is 18.3. The van der Waals surface area contributed by atoms with Crippen molar-refractivity contribution in [3.05, 3.63) is 206 Å². The lowest BCUT2D eigenvalue weighted by molar-refractivity contribution is -0.572. The minimum Gasteiger partial charge on any atom is -0.458 e. The molecule has 316 valence electrons. The van der Waals surface area contributed by atoms with Crippen molar-refractivity contribution in [2.24, 2.45) is 7.05 Å². The maximum absolute atomic E-state index is 6.92. The van der Waals surface area contributed by atoms with Crippen molar-refractivity contribution in [1.29, 1.82) is 0 Å². The number of benzene rings is 8. The third kappa shape index (κ3) is 5.62. The van der Waals surface area contributed by atoms with E-state index in [0.29, 0.717) is 0 Å². The fraction of sp³-hybridized carbons (Fsp3) is 0.0847. The van der Waals surface area contributed by atoms with E-state index in [9.17, 15) is 0 Å². The Morgan fingerprint density at radius 3 is 1.86 bits per heavy atom. The molecule has 8 aromatic carbocycles. The van der Waals surface area contributed by atoms with Crippen LogP contribution >= 0.6 is 0 Å². The maximum Gasteiger partial charge on any atom is 0.269 e. The average Bonchev–Trinajstić information content (AvgIpc) is 4.09. The third-order valence-electron chi connectivity index (χ3n) is 13.4. The molecule has 13 rings (SSSR count). The fourth-order valence-corrected chi connectivity index (χ4v) is 10.4. The van der Waals surface area contributed by atoms with E-state index in [4.69, 9.17) is 9.72 Å². The van der Waals surface area contributed by atoms with Gasteiger partial charge in [-0.15, -0.1) is 0 Å². The van der Waals surface area contributed by atoms with Gasteiger partial charge in [0.2, 0.25) is 0 Å². The van der Waals surface area contributed by atoms with Crippen molar-refractivity contribution in [2.75, 3.05) is 0 Å². The van der Waals surface area contributed by atoms with Crippen molar-refractivity contribution < 1.29 is 9.30 Å². The van der Waals surface area contributed by atoms with Gasteiger partial charge in [-0.2, -0.15) is 0 Å². The Kier molecular flexibility index (Phi) is 8.25. The summed E-state index contributed by atoms with van der Waals surface area (Å²) in [7, 11) is 2.21. The van der Waals surface area contributed by atoms with Gasteiger partial charge in [-0.25, -0.2) is 4.98 Å². The quantitative estimate of drug-likeness (QED) is 0.124. The second-order valence-corrected chi connectivity index (χ2v) is 18.3. The van der Waals surface area contributed by atoms with Crippen LogP contribution in [-0.4, -0.2) is 23.3 Å². The van der Waals surface area contributed by atoms with Gasteiger partial charge in [-0.1, -0.05) is 124 Å². The molecule has 66 heavy (non-hydrogen) atoms. The number of hydrogen-bond acceptors (Lipinski definition) is 2. The lowest BCUT2D eigenvalue weighted by atomic mass is 9.88. The zero-order valence-electron chi connectivity index (χ0n) is 37.1. The van der Waals surface area contributed by atoms with E-state index in [0.717, 1.165) is 67.3 Å². The predicted molar refractivity (Wildman–Crippen MR) is 269 cm³/mol. The van der Waals surface area contributed by atoms with Gasteiger partial charge < -0.3 is 13.9 Å². The molecule has 0 aliphatic heterocycles. The summed E-state index contributed by atoms with van der Waals surface area (Å²) in [6, 6.07) is 66.5. The van der Waals surface area contributed by atoms with E-state index in [2.05, 4.69) is 227 Å². The number of pyridine rings is 1. The van der Waals surface area contributed by atoms with E-state index >= 15 is 0 Å². The summed E-state index contributed by atoms with van der Waals surface area (Å²) in [6.45, 7) is 6.79. The third-order valence-corrected chi connectivity index (χ3v) is 13.4. The molecule has 7 nitrogen and oxygen atoms in total. The van der Waals surface area contributed by atoms with Crippen LogP contribution in [0.5, 0.6) is 11.5 Å². The van der Waals surface area contributed by atoms with Gasteiger partial charge in [0.25, 0.3) is 6.33 Å². The topological polar surface area (TPSA) is 45.7 Å². The Morgan fingerprint density at radius 2 is 1.11 bits per heavy atom. The molecule has 0 radical (unpaired) electrons. The van der Waals surface area contributed by atoms with Crippen LogP contribution in [-0.2, 0) is 12.5 Å². The van der Waals surface area contributed by atoms with Crippen molar-refractivity contribution >= 4 is 76.5 Å². The minimum absolute atomic E-state index is 0.0969. The first-order valence-corrected chi connectivity index (χ1v) is 22.5. The maximum atomic E-state index is 6.92. The highest BCUT2D eigenvalue weighted by Gasteiger charge is 2.29. The first-order valence-electron chi connectivity index (χ1n) is 22.5. The molecule has 0 saturated carbocycles. The highest BCUT2D eigenvalue weighted by atomic mass is 16.5. The van der Waals surface area contributed by atoms with E-state index in [1.165, 1.54) is 49.0 Å². The highest BCUT2D eigenvalue weighted by molar-refractivity contribution is 6.40. The molecule has 0 atom stereocenters. The summed E-state index contributed by atoms with van der Waals surface area (Å²) in [5.74, 6) is 2.32. The molecule has 0 spiro atoms. The molecule has 0 unspecified atom stereocenters. The summed E-state index contributed by atoms with van der Waals surface area (Å²) >= 11 is 0. The predicted octanol–water partition coefficient (Wildman–Crippen LogP) is 14.0. The summed E-state index contributed by atoms with van der Waals surface area (Å²) in [6.07, 6.45) is 5.59. The first kappa shape index (κ1) is 38.1. The van der Waals surface area contributed by atoms with E-state index < -0.39 is 0 Å². The number of aromatic nitrogens is 6. The molecule has 7 heteroatoms. The number of imidazole rings is 1. The zero-order chi connectivity index (χ0) is 44.3. The van der Waals surface area contributed by atoms with Crippen molar-refractivity contribution in [2.45, 2.75) is 26.2 Å². The molecule has 0 aliphatic carbocycles. The number of rotatable bonds is 6. The number of nitrogens with zero attached hydrogens (tertiary/aromatic N) is 6. The summed E-state index contributed by atoms with van der Waals surface area (Å²) in [5, 5.41) is 7.13. The molecule has 0 amide bonds. The molecule has 0 saturated heterocycles. The second kappa shape index (κ2) is 14.3. The smallest absolute Gasteiger partial charge is 0.269 e. The molecular formula is C59H44N6O. The highest BCUT2D eigenvalue weighted by Crippen LogP contribution is 2.49. The van der Waals surface area contributed by atoms with Crippen LogP contribution in [0.3, 0.4) is 0 Å². The minimum atomic E-state index is -0.0969. The Balaban J connectivity index is 1.10. The lowest BCUT2D eigenvalue weighted by Crippen LogP contribution is -2.29. The number of fused-ring (bicyclic) bond motifs is 13. The molecule has 0 N–H and O–H groups in total. The lowest BCUT2D eigenvalue weighted by Gasteiger charge is -2.20.